The standard InChI is InChI=1S/C15H26N4O4S2.HI/c1-12-10-13(6-7-14(12)24(3,20)21)11-18-15(16-2)17-8-5-9-19-25(4,22)23;/h6-7,10,19H,5,8-9,11H2,1-4H3,(H2,16,17,18);1H. The van der Waals surface area contributed by atoms with Crippen LogP contribution in [0.2, 0.25) is 0 Å². The van der Waals surface area contributed by atoms with Crippen LogP contribution >= 0.6 is 24.0 Å². The first-order valence-electron chi connectivity index (χ1n) is 7.71. The SMILES string of the molecule is CN=C(NCCCNS(C)(=O)=O)NCc1ccc(S(C)(=O)=O)c(C)c1.I. The molecule has 8 nitrogen and oxygen atoms in total. The van der Waals surface area contributed by atoms with Gasteiger partial charge in [-0.3, -0.25) is 4.99 Å². The number of rotatable bonds is 8. The second-order valence-corrected chi connectivity index (χ2v) is 9.56. The molecular weight excluding hydrogens is 491 g/mol. The Balaban J connectivity index is 0.00000625. The third kappa shape index (κ3) is 9.69. The first-order chi connectivity index (χ1) is 11.5. The number of nitrogens with one attached hydrogen (secondary N) is 3. The van der Waals surface area contributed by atoms with E-state index in [1.807, 2.05) is 6.07 Å². The van der Waals surface area contributed by atoms with Crippen LogP contribution < -0.4 is 15.4 Å². The van der Waals surface area contributed by atoms with Crippen LogP contribution in [0, 0.1) is 6.92 Å². The zero-order valence-electron chi connectivity index (χ0n) is 15.4. The Morgan fingerprint density at radius 2 is 1.73 bits per heavy atom. The Kier molecular flexibility index (Phi) is 10.7. The molecule has 3 N–H and O–H groups in total. The van der Waals surface area contributed by atoms with Gasteiger partial charge in [0, 0.05) is 32.9 Å². The molecule has 0 heterocycles. The molecule has 0 aromatic heterocycles. The van der Waals surface area contributed by atoms with Crippen molar-refractivity contribution in [2.24, 2.45) is 4.99 Å². The van der Waals surface area contributed by atoms with Crippen LogP contribution in [-0.2, 0) is 26.4 Å². The molecule has 0 atom stereocenters. The van der Waals surface area contributed by atoms with Crippen molar-refractivity contribution in [2.45, 2.75) is 24.8 Å². The number of guanidine groups is 1. The highest BCUT2D eigenvalue weighted by molar-refractivity contribution is 14.0. The quantitative estimate of drug-likeness (QED) is 0.201. The van der Waals surface area contributed by atoms with Crippen molar-refractivity contribution >= 4 is 49.8 Å². The van der Waals surface area contributed by atoms with E-state index in [0.717, 1.165) is 11.8 Å². The summed E-state index contributed by atoms with van der Waals surface area (Å²) in [5.74, 6) is 0.587. The van der Waals surface area contributed by atoms with Crippen molar-refractivity contribution in [3.05, 3.63) is 29.3 Å². The Bertz CT molecular complexity index is 824. The highest BCUT2D eigenvalue weighted by Crippen LogP contribution is 2.16. The van der Waals surface area contributed by atoms with Gasteiger partial charge >= 0.3 is 0 Å². The molecule has 1 aromatic carbocycles. The fourth-order valence-electron chi connectivity index (χ4n) is 2.20. The summed E-state index contributed by atoms with van der Waals surface area (Å²) < 4.78 is 47.6. The number of halogens is 1. The van der Waals surface area contributed by atoms with Crippen LogP contribution in [0.3, 0.4) is 0 Å². The van der Waals surface area contributed by atoms with Gasteiger partial charge in [-0.25, -0.2) is 21.6 Å². The van der Waals surface area contributed by atoms with Crippen molar-refractivity contribution in [2.75, 3.05) is 32.6 Å². The lowest BCUT2D eigenvalue weighted by Crippen LogP contribution is -2.38. The highest BCUT2D eigenvalue weighted by Gasteiger charge is 2.10. The minimum atomic E-state index is -3.22. The number of hydrogen-bond donors (Lipinski definition) is 3. The molecule has 1 rings (SSSR count). The number of aliphatic imine (C=N–C) groups is 1. The number of sulfonamides is 1. The summed E-state index contributed by atoms with van der Waals surface area (Å²) in [6.45, 7) is 3.18. The van der Waals surface area contributed by atoms with Crippen molar-refractivity contribution in [3.63, 3.8) is 0 Å². The molecule has 0 aliphatic heterocycles. The zero-order valence-corrected chi connectivity index (χ0v) is 19.3. The first kappa shape index (κ1) is 25.1. The Labute approximate surface area is 173 Å². The smallest absolute Gasteiger partial charge is 0.208 e. The molecule has 0 saturated heterocycles. The van der Waals surface area contributed by atoms with Gasteiger partial charge in [-0.2, -0.15) is 0 Å². The average Bonchev–Trinajstić information content (AvgIpc) is 2.47. The van der Waals surface area contributed by atoms with Crippen molar-refractivity contribution in [1.82, 2.24) is 15.4 Å². The van der Waals surface area contributed by atoms with Gasteiger partial charge in [0.25, 0.3) is 0 Å². The second kappa shape index (κ2) is 11.0. The van der Waals surface area contributed by atoms with E-state index in [2.05, 4.69) is 20.3 Å². The van der Waals surface area contributed by atoms with Gasteiger partial charge in [-0.05, 0) is 30.5 Å². The largest absolute Gasteiger partial charge is 0.356 e. The maximum atomic E-state index is 11.6. The molecule has 150 valence electrons. The second-order valence-electron chi connectivity index (χ2n) is 5.74. The van der Waals surface area contributed by atoms with Gasteiger partial charge < -0.3 is 10.6 Å². The number of sulfone groups is 1. The van der Waals surface area contributed by atoms with E-state index in [9.17, 15) is 16.8 Å². The zero-order chi connectivity index (χ0) is 19.1. The topological polar surface area (TPSA) is 117 Å². The molecule has 0 fully saturated rings. The van der Waals surface area contributed by atoms with Crippen LogP contribution in [-0.4, -0.2) is 55.4 Å². The minimum Gasteiger partial charge on any atom is -0.356 e. The lowest BCUT2D eigenvalue weighted by molar-refractivity contribution is 0.584. The summed E-state index contributed by atoms with van der Waals surface area (Å²) in [5.41, 5.74) is 1.64. The van der Waals surface area contributed by atoms with E-state index in [4.69, 9.17) is 0 Å². The van der Waals surface area contributed by atoms with Crippen LogP contribution in [0.4, 0.5) is 0 Å². The van der Waals surface area contributed by atoms with Gasteiger partial charge in [0.05, 0.1) is 11.2 Å². The number of hydrogen-bond acceptors (Lipinski definition) is 5. The van der Waals surface area contributed by atoms with Gasteiger partial charge in [-0.15, -0.1) is 24.0 Å². The van der Waals surface area contributed by atoms with Gasteiger partial charge in [0.15, 0.2) is 15.8 Å². The summed E-state index contributed by atoms with van der Waals surface area (Å²) in [5, 5.41) is 6.21. The fourth-order valence-corrected chi connectivity index (χ4v) is 3.67. The van der Waals surface area contributed by atoms with Gasteiger partial charge in [0.1, 0.15) is 0 Å². The molecular formula is C15H27IN4O4S2. The summed E-state index contributed by atoms with van der Waals surface area (Å²) in [6, 6.07) is 5.20. The lowest BCUT2D eigenvalue weighted by atomic mass is 10.1. The molecule has 0 aliphatic rings. The van der Waals surface area contributed by atoms with E-state index in [-0.39, 0.29) is 24.0 Å². The number of benzene rings is 1. The summed E-state index contributed by atoms with van der Waals surface area (Å²) in [7, 11) is -4.74. The average molecular weight is 518 g/mol. The lowest BCUT2D eigenvalue weighted by Gasteiger charge is -2.13. The molecule has 1 aromatic rings. The molecule has 0 aliphatic carbocycles. The van der Waals surface area contributed by atoms with Crippen LogP contribution in [0.25, 0.3) is 0 Å². The molecule has 0 spiro atoms. The highest BCUT2D eigenvalue weighted by atomic mass is 127. The monoisotopic (exact) mass is 518 g/mol. The normalized spacial score (nSPS) is 12.4. The molecule has 0 unspecified atom stereocenters. The van der Waals surface area contributed by atoms with Gasteiger partial charge in [-0.1, -0.05) is 12.1 Å². The Hall–Kier alpha value is -0.920. The van der Waals surface area contributed by atoms with Crippen molar-refractivity contribution in [1.29, 1.82) is 0 Å². The number of aryl methyl sites for hydroxylation is 1. The summed E-state index contributed by atoms with van der Waals surface area (Å²) in [4.78, 5) is 4.42. The molecule has 0 radical (unpaired) electrons. The Morgan fingerprint density at radius 1 is 1.08 bits per heavy atom. The van der Waals surface area contributed by atoms with E-state index < -0.39 is 19.9 Å². The molecule has 0 saturated carbocycles. The van der Waals surface area contributed by atoms with E-state index >= 15 is 0 Å². The van der Waals surface area contributed by atoms with Gasteiger partial charge in [0.2, 0.25) is 10.0 Å². The van der Waals surface area contributed by atoms with Crippen LogP contribution in [0.15, 0.2) is 28.1 Å². The predicted molar refractivity (Wildman–Crippen MR) is 115 cm³/mol. The van der Waals surface area contributed by atoms with Crippen molar-refractivity contribution in [3.8, 4) is 0 Å². The van der Waals surface area contributed by atoms with E-state index in [0.29, 0.717) is 42.5 Å². The molecule has 26 heavy (non-hydrogen) atoms. The Morgan fingerprint density at radius 3 is 2.23 bits per heavy atom. The third-order valence-electron chi connectivity index (χ3n) is 3.33. The molecule has 0 bridgehead atoms. The minimum absolute atomic E-state index is 0. The van der Waals surface area contributed by atoms with Crippen LogP contribution in [0.1, 0.15) is 17.5 Å². The first-order valence-corrected chi connectivity index (χ1v) is 11.5. The third-order valence-corrected chi connectivity index (χ3v) is 5.32. The summed E-state index contributed by atoms with van der Waals surface area (Å²) >= 11 is 0. The predicted octanol–water partition coefficient (Wildman–Crippen LogP) is 0.621. The van der Waals surface area contributed by atoms with Crippen molar-refractivity contribution < 1.29 is 16.8 Å². The van der Waals surface area contributed by atoms with E-state index in [1.54, 1.807) is 26.1 Å². The van der Waals surface area contributed by atoms with E-state index in [1.165, 1.54) is 6.26 Å². The maximum Gasteiger partial charge on any atom is 0.208 e. The maximum absolute atomic E-state index is 11.6. The van der Waals surface area contributed by atoms with Crippen LogP contribution in [0.5, 0.6) is 0 Å². The fraction of sp³-hybridized carbons (Fsp3) is 0.533. The summed E-state index contributed by atoms with van der Waals surface area (Å²) in [6.07, 6.45) is 2.94. The molecule has 11 heteroatoms. The molecule has 0 amide bonds. The number of nitrogens with zero attached hydrogens (tertiary/aromatic N) is 1.